The number of aryl methyl sites for hydroxylation is 1. The van der Waals surface area contributed by atoms with Crippen LogP contribution in [-0.2, 0) is 10.3 Å². The molecule has 0 radical (unpaired) electrons. The van der Waals surface area contributed by atoms with Crippen molar-refractivity contribution in [1.82, 2.24) is 19.4 Å². The second kappa shape index (κ2) is 7.65. The number of Topliss-reactive ketones (excluding diaryl/α,β-unsaturated/α-hetero) is 1. The Morgan fingerprint density at radius 1 is 1.17 bits per heavy atom. The molecule has 3 heterocycles. The zero-order valence-electron chi connectivity index (χ0n) is 17.3. The van der Waals surface area contributed by atoms with Crippen LogP contribution in [0.3, 0.4) is 0 Å². The maximum Gasteiger partial charge on any atom is 0.146 e. The lowest BCUT2D eigenvalue weighted by atomic mass is 10.0. The second-order valence-electron chi connectivity index (χ2n) is 8.92. The van der Waals surface area contributed by atoms with Crippen LogP contribution in [0.25, 0.3) is 16.6 Å². The van der Waals surface area contributed by atoms with Crippen molar-refractivity contribution in [1.29, 1.82) is 0 Å². The summed E-state index contributed by atoms with van der Waals surface area (Å²) in [6.07, 6.45) is 9.99. The van der Waals surface area contributed by atoms with Crippen molar-refractivity contribution in [3.05, 3.63) is 36.4 Å². The lowest BCUT2D eigenvalue weighted by Gasteiger charge is -2.21. The zero-order valence-corrected chi connectivity index (χ0v) is 17.3. The SMILES string of the molecule is C.Cc1cnn2cc(-c3cnn(C(C)(C)C)c3)cc(O[C@H](C)[C@H]3CCC(=O)C3)c12. The number of ketones is 1. The van der Waals surface area contributed by atoms with Crippen molar-refractivity contribution in [3.8, 4) is 16.9 Å². The molecule has 0 bridgehead atoms. The number of pyridine rings is 1. The van der Waals surface area contributed by atoms with Gasteiger partial charge >= 0.3 is 0 Å². The van der Waals surface area contributed by atoms with Crippen LogP contribution >= 0.6 is 0 Å². The van der Waals surface area contributed by atoms with Crippen LogP contribution in [-0.4, -0.2) is 31.3 Å². The standard InChI is InChI=1S/C22H28N4O2.CH4/c1-14-10-23-25-12-17(18-11-24-26(13-18)22(3,4)5)9-20(21(14)25)28-15(2)16-6-7-19(27)8-16;/h9-13,15-16H,6-8H2,1-5H3;1H4/t15-,16+;/m1./s1. The maximum absolute atomic E-state index is 11.7. The fraction of sp³-hybridized carbons (Fsp3) is 0.522. The molecule has 4 rings (SSSR count). The molecule has 1 fully saturated rings. The minimum Gasteiger partial charge on any atom is -0.488 e. The van der Waals surface area contributed by atoms with Crippen molar-refractivity contribution in [2.45, 2.75) is 73.0 Å². The van der Waals surface area contributed by atoms with Crippen LogP contribution in [0.4, 0.5) is 0 Å². The summed E-state index contributed by atoms with van der Waals surface area (Å²) in [5, 5.41) is 9.01. The monoisotopic (exact) mass is 396 g/mol. The van der Waals surface area contributed by atoms with Gasteiger partial charge in [-0.25, -0.2) is 4.52 Å². The molecule has 2 atom stereocenters. The molecule has 1 aliphatic carbocycles. The average Bonchev–Trinajstić information content (AvgIpc) is 3.34. The maximum atomic E-state index is 11.7. The highest BCUT2D eigenvalue weighted by Gasteiger charge is 2.29. The molecule has 29 heavy (non-hydrogen) atoms. The van der Waals surface area contributed by atoms with Crippen molar-refractivity contribution in [2.75, 3.05) is 0 Å². The van der Waals surface area contributed by atoms with E-state index in [0.717, 1.165) is 34.4 Å². The predicted molar refractivity (Wildman–Crippen MR) is 115 cm³/mol. The minimum absolute atomic E-state index is 0. The summed E-state index contributed by atoms with van der Waals surface area (Å²) >= 11 is 0. The molecule has 1 saturated carbocycles. The Morgan fingerprint density at radius 2 is 1.93 bits per heavy atom. The molecule has 6 heteroatoms. The fourth-order valence-electron chi connectivity index (χ4n) is 3.86. The lowest BCUT2D eigenvalue weighted by Crippen LogP contribution is -2.22. The molecule has 6 nitrogen and oxygen atoms in total. The summed E-state index contributed by atoms with van der Waals surface area (Å²) in [5.41, 5.74) is 4.01. The van der Waals surface area contributed by atoms with Crippen LogP contribution in [0.5, 0.6) is 5.75 Å². The number of hydrogen-bond donors (Lipinski definition) is 0. The van der Waals surface area contributed by atoms with E-state index in [1.54, 1.807) is 0 Å². The van der Waals surface area contributed by atoms with Gasteiger partial charge in [-0.15, -0.1) is 0 Å². The minimum atomic E-state index is -0.0759. The van der Waals surface area contributed by atoms with Gasteiger partial charge in [-0.1, -0.05) is 7.43 Å². The molecule has 0 N–H and O–H groups in total. The number of hydrogen-bond acceptors (Lipinski definition) is 4. The Labute approximate surface area is 172 Å². The van der Waals surface area contributed by atoms with Crippen molar-refractivity contribution in [2.24, 2.45) is 5.92 Å². The molecule has 0 aliphatic heterocycles. The molecule has 0 aromatic carbocycles. The third-order valence-corrected chi connectivity index (χ3v) is 5.62. The highest BCUT2D eigenvalue weighted by molar-refractivity contribution is 5.80. The van der Waals surface area contributed by atoms with Crippen molar-refractivity contribution < 1.29 is 9.53 Å². The van der Waals surface area contributed by atoms with E-state index in [9.17, 15) is 4.79 Å². The van der Waals surface area contributed by atoms with Crippen LogP contribution in [0, 0.1) is 12.8 Å². The Hall–Kier alpha value is -2.63. The van der Waals surface area contributed by atoms with E-state index in [1.165, 1.54) is 0 Å². The molecule has 1 aliphatic rings. The molecule has 0 saturated heterocycles. The van der Waals surface area contributed by atoms with E-state index >= 15 is 0 Å². The highest BCUT2D eigenvalue weighted by Crippen LogP contribution is 2.34. The van der Waals surface area contributed by atoms with E-state index in [2.05, 4.69) is 50.2 Å². The number of carbonyl (C=O) groups excluding carboxylic acids is 1. The summed E-state index contributed by atoms with van der Waals surface area (Å²) < 4.78 is 10.2. The molecule has 3 aromatic heterocycles. The van der Waals surface area contributed by atoms with E-state index in [1.807, 2.05) is 34.7 Å². The first-order valence-electron chi connectivity index (χ1n) is 9.94. The smallest absolute Gasteiger partial charge is 0.146 e. The quantitative estimate of drug-likeness (QED) is 0.620. The third-order valence-electron chi connectivity index (χ3n) is 5.62. The number of fused-ring (bicyclic) bond motifs is 1. The highest BCUT2D eigenvalue weighted by atomic mass is 16.5. The van der Waals surface area contributed by atoms with Gasteiger partial charge < -0.3 is 4.74 Å². The normalized spacial score (nSPS) is 18.1. The summed E-state index contributed by atoms with van der Waals surface area (Å²) in [4.78, 5) is 11.7. The van der Waals surface area contributed by atoms with Crippen LogP contribution in [0.1, 0.15) is 59.9 Å². The number of ether oxygens (including phenoxy) is 1. The molecule has 156 valence electrons. The number of carbonyl (C=O) groups is 1. The van der Waals surface area contributed by atoms with Crippen LogP contribution in [0.15, 0.2) is 30.9 Å². The topological polar surface area (TPSA) is 61.4 Å². The summed E-state index contributed by atoms with van der Waals surface area (Å²) in [5.74, 6) is 1.43. The first-order chi connectivity index (χ1) is 13.2. The molecule has 0 amide bonds. The molecule has 3 aromatic rings. The molecule has 0 spiro atoms. The largest absolute Gasteiger partial charge is 0.488 e. The number of nitrogens with zero attached hydrogens (tertiary/aromatic N) is 4. The van der Waals surface area contributed by atoms with Gasteiger partial charge in [0.25, 0.3) is 0 Å². The molecule has 0 unspecified atom stereocenters. The summed E-state index contributed by atoms with van der Waals surface area (Å²) in [6.45, 7) is 10.5. The lowest BCUT2D eigenvalue weighted by molar-refractivity contribution is -0.117. The van der Waals surface area contributed by atoms with Gasteiger partial charge in [-0.05, 0) is 52.7 Å². The molecular formula is C23H32N4O2. The molecular weight excluding hydrogens is 364 g/mol. The van der Waals surface area contributed by atoms with Gasteiger partial charge in [0.1, 0.15) is 17.0 Å². The fourth-order valence-corrected chi connectivity index (χ4v) is 3.86. The van der Waals surface area contributed by atoms with E-state index in [-0.39, 0.29) is 25.0 Å². The number of rotatable bonds is 4. The number of aromatic nitrogens is 4. The van der Waals surface area contributed by atoms with Gasteiger partial charge in [0.05, 0.1) is 24.0 Å². The Kier molecular flexibility index (Phi) is 5.57. The van der Waals surface area contributed by atoms with Crippen LogP contribution in [0.2, 0.25) is 0 Å². The van der Waals surface area contributed by atoms with Crippen molar-refractivity contribution >= 4 is 11.3 Å². The van der Waals surface area contributed by atoms with E-state index in [4.69, 9.17) is 4.74 Å². The zero-order chi connectivity index (χ0) is 20.1. The van der Waals surface area contributed by atoms with E-state index in [0.29, 0.717) is 18.6 Å². The Balaban J connectivity index is 0.00000240. The Bertz CT molecular complexity index is 1030. The van der Waals surface area contributed by atoms with Gasteiger partial charge in [-0.2, -0.15) is 10.2 Å². The van der Waals surface area contributed by atoms with Gasteiger partial charge in [0, 0.05) is 42.3 Å². The summed E-state index contributed by atoms with van der Waals surface area (Å²) in [7, 11) is 0. The second-order valence-corrected chi connectivity index (χ2v) is 8.92. The van der Waals surface area contributed by atoms with Gasteiger partial charge in [0.2, 0.25) is 0 Å². The average molecular weight is 397 g/mol. The first kappa shape index (κ1) is 21.1. The van der Waals surface area contributed by atoms with Crippen molar-refractivity contribution in [3.63, 3.8) is 0 Å². The first-order valence-corrected chi connectivity index (χ1v) is 9.94. The Morgan fingerprint density at radius 3 is 2.55 bits per heavy atom. The van der Waals surface area contributed by atoms with Crippen LogP contribution < -0.4 is 4.74 Å². The van der Waals surface area contributed by atoms with E-state index < -0.39 is 0 Å². The summed E-state index contributed by atoms with van der Waals surface area (Å²) in [6, 6.07) is 2.07. The van der Waals surface area contributed by atoms with Gasteiger partial charge in [0.15, 0.2) is 0 Å². The predicted octanol–water partition coefficient (Wildman–Crippen LogP) is 5.03. The third kappa shape index (κ3) is 4.07. The van der Waals surface area contributed by atoms with Gasteiger partial charge in [-0.3, -0.25) is 9.48 Å².